The monoisotopic (exact) mass is 140 g/mol. The third kappa shape index (κ3) is 0.568. The first kappa shape index (κ1) is 5.06. The highest BCUT2D eigenvalue weighted by Crippen LogP contribution is 2.62. The van der Waals surface area contributed by atoms with Crippen LogP contribution >= 0.6 is 11.8 Å². The van der Waals surface area contributed by atoms with Crippen LogP contribution in [0.3, 0.4) is 0 Å². The van der Waals surface area contributed by atoms with Gasteiger partial charge >= 0.3 is 0 Å². The first-order valence-electron chi connectivity index (χ1n) is 4.07. The molecule has 0 radical (unpaired) electrons. The van der Waals surface area contributed by atoms with E-state index < -0.39 is 0 Å². The van der Waals surface area contributed by atoms with Crippen molar-refractivity contribution in [3.8, 4) is 0 Å². The van der Waals surface area contributed by atoms with Crippen molar-refractivity contribution in [3.63, 3.8) is 0 Å². The third-order valence-electron chi connectivity index (χ3n) is 3.39. The molecule has 1 heteroatoms. The first-order valence-corrected chi connectivity index (χ1v) is 5.11. The van der Waals surface area contributed by atoms with Crippen molar-refractivity contribution in [2.45, 2.75) is 24.5 Å². The fourth-order valence-corrected chi connectivity index (χ4v) is 4.40. The molecular weight excluding hydrogens is 128 g/mol. The molecule has 0 aromatic carbocycles. The van der Waals surface area contributed by atoms with Gasteiger partial charge in [0.1, 0.15) is 0 Å². The van der Waals surface area contributed by atoms with E-state index in [1.165, 1.54) is 23.5 Å². The highest BCUT2D eigenvalue weighted by Gasteiger charge is 2.55. The molecule has 4 unspecified atom stereocenters. The van der Waals surface area contributed by atoms with Crippen molar-refractivity contribution in [3.05, 3.63) is 0 Å². The predicted octanol–water partition coefficient (Wildman–Crippen LogP) is 2.15. The van der Waals surface area contributed by atoms with Crippen LogP contribution in [0.15, 0.2) is 0 Å². The van der Waals surface area contributed by atoms with Crippen LogP contribution in [0.2, 0.25) is 0 Å². The van der Waals surface area contributed by atoms with Crippen LogP contribution in [-0.2, 0) is 0 Å². The molecule has 2 saturated carbocycles. The van der Waals surface area contributed by atoms with Gasteiger partial charge < -0.3 is 0 Å². The zero-order valence-electron chi connectivity index (χ0n) is 5.55. The summed E-state index contributed by atoms with van der Waals surface area (Å²) < 4.78 is 0. The van der Waals surface area contributed by atoms with Gasteiger partial charge in [-0.25, -0.2) is 0 Å². The van der Waals surface area contributed by atoms with Gasteiger partial charge in [-0.1, -0.05) is 0 Å². The van der Waals surface area contributed by atoms with E-state index in [4.69, 9.17) is 0 Å². The Morgan fingerprint density at radius 3 is 2.89 bits per heavy atom. The smallest absolute Gasteiger partial charge is 0.00501 e. The van der Waals surface area contributed by atoms with E-state index in [-0.39, 0.29) is 0 Å². The average molecular weight is 140 g/mol. The van der Waals surface area contributed by atoms with Crippen molar-refractivity contribution in [1.29, 1.82) is 0 Å². The second-order valence-electron chi connectivity index (χ2n) is 3.76. The van der Waals surface area contributed by atoms with E-state index in [1.54, 1.807) is 19.3 Å². The van der Waals surface area contributed by atoms with E-state index in [1.807, 2.05) is 0 Å². The summed E-state index contributed by atoms with van der Waals surface area (Å²) in [5.41, 5.74) is 0. The van der Waals surface area contributed by atoms with Gasteiger partial charge in [-0.2, -0.15) is 11.8 Å². The summed E-state index contributed by atoms with van der Waals surface area (Å²) in [7, 11) is 0. The Morgan fingerprint density at radius 2 is 2.00 bits per heavy atom. The molecule has 2 bridgehead atoms. The Labute approximate surface area is 60.4 Å². The van der Waals surface area contributed by atoms with Gasteiger partial charge in [0.15, 0.2) is 0 Å². The highest BCUT2D eigenvalue weighted by atomic mass is 32.2. The molecule has 0 aromatic rings. The summed E-state index contributed by atoms with van der Waals surface area (Å²) in [5, 5.41) is 1.09. The van der Waals surface area contributed by atoms with E-state index in [2.05, 4.69) is 11.8 Å². The van der Waals surface area contributed by atoms with Crippen LogP contribution in [0.1, 0.15) is 19.3 Å². The molecule has 0 N–H and O–H groups in total. The molecule has 0 aromatic heterocycles. The van der Waals surface area contributed by atoms with Crippen LogP contribution in [0, 0.1) is 17.8 Å². The molecule has 2 aliphatic carbocycles. The molecule has 3 fully saturated rings. The van der Waals surface area contributed by atoms with Gasteiger partial charge in [0.2, 0.25) is 0 Å². The normalized spacial score (nSPS) is 61.3. The minimum Gasteiger partial charge on any atom is -0.158 e. The van der Waals surface area contributed by atoms with E-state index >= 15 is 0 Å². The lowest BCUT2D eigenvalue weighted by molar-refractivity contribution is 0.491. The van der Waals surface area contributed by atoms with Gasteiger partial charge in [0.05, 0.1) is 0 Å². The average Bonchev–Trinajstić information content (AvgIpc) is 2.62. The molecule has 1 heterocycles. The molecule has 3 rings (SSSR count). The summed E-state index contributed by atoms with van der Waals surface area (Å²) in [6.45, 7) is 0. The quantitative estimate of drug-likeness (QED) is 0.497. The lowest BCUT2D eigenvalue weighted by Crippen LogP contribution is -2.12. The summed E-state index contributed by atoms with van der Waals surface area (Å²) in [6, 6.07) is 0. The Kier molecular flexibility index (Phi) is 0.843. The maximum Gasteiger partial charge on any atom is 0.00501 e. The molecule has 1 aliphatic heterocycles. The zero-order chi connectivity index (χ0) is 5.84. The van der Waals surface area contributed by atoms with Crippen molar-refractivity contribution in [1.82, 2.24) is 0 Å². The predicted molar refractivity (Wildman–Crippen MR) is 40.6 cm³/mol. The summed E-state index contributed by atoms with van der Waals surface area (Å²) in [5.74, 6) is 5.12. The molecule has 1 saturated heterocycles. The summed E-state index contributed by atoms with van der Waals surface area (Å²) >= 11 is 2.25. The molecule has 3 aliphatic rings. The highest BCUT2D eigenvalue weighted by molar-refractivity contribution is 8.00. The third-order valence-corrected chi connectivity index (χ3v) is 4.87. The van der Waals surface area contributed by atoms with Crippen molar-refractivity contribution >= 4 is 11.8 Å². The summed E-state index contributed by atoms with van der Waals surface area (Å²) in [4.78, 5) is 0. The van der Waals surface area contributed by atoms with Gasteiger partial charge in [0, 0.05) is 5.25 Å². The number of thioether (sulfide) groups is 1. The molecule has 0 spiro atoms. The van der Waals surface area contributed by atoms with Crippen molar-refractivity contribution in [2.24, 2.45) is 17.8 Å². The van der Waals surface area contributed by atoms with Gasteiger partial charge in [-0.15, -0.1) is 0 Å². The number of hydrogen-bond donors (Lipinski definition) is 0. The minimum atomic E-state index is 1.09. The Balaban J connectivity index is 1.92. The molecule has 50 valence electrons. The van der Waals surface area contributed by atoms with Crippen LogP contribution in [0.4, 0.5) is 0 Å². The first-order chi connectivity index (χ1) is 4.45. The van der Waals surface area contributed by atoms with Gasteiger partial charge in [0.25, 0.3) is 0 Å². The number of fused-ring (bicyclic) bond motifs is 2. The van der Waals surface area contributed by atoms with Crippen LogP contribution in [0.5, 0.6) is 0 Å². The fraction of sp³-hybridized carbons (Fsp3) is 1.00. The molecule has 9 heavy (non-hydrogen) atoms. The lowest BCUT2D eigenvalue weighted by Gasteiger charge is -2.21. The van der Waals surface area contributed by atoms with Crippen LogP contribution < -0.4 is 0 Å². The van der Waals surface area contributed by atoms with Crippen molar-refractivity contribution in [2.75, 3.05) is 5.75 Å². The topological polar surface area (TPSA) is 0 Å². The zero-order valence-corrected chi connectivity index (χ0v) is 6.36. The largest absolute Gasteiger partial charge is 0.158 e. The minimum absolute atomic E-state index is 1.09. The Morgan fingerprint density at radius 1 is 1.00 bits per heavy atom. The Bertz CT molecular complexity index is 119. The van der Waals surface area contributed by atoms with E-state index in [0.717, 1.165) is 5.25 Å². The van der Waals surface area contributed by atoms with E-state index in [9.17, 15) is 0 Å². The second-order valence-corrected chi connectivity index (χ2v) is 5.09. The fourth-order valence-electron chi connectivity index (χ4n) is 2.75. The molecule has 4 atom stereocenters. The Hall–Kier alpha value is 0.350. The molecule has 0 nitrogen and oxygen atoms in total. The van der Waals surface area contributed by atoms with Gasteiger partial charge in [-0.05, 0) is 42.8 Å². The molecular formula is C8H12S. The summed E-state index contributed by atoms with van der Waals surface area (Å²) in [6.07, 6.45) is 4.70. The lowest BCUT2D eigenvalue weighted by atomic mass is 10.0. The maximum absolute atomic E-state index is 2.25. The SMILES string of the molecule is C1CC2C3CSC1CC23. The number of hydrogen-bond acceptors (Lipinski definition) is 1. The maximum atomic E-state index is 2.25. The van der Waals surface area contributed by atoms with Crippen LogP contribution in [0.25, 0.3) is 0 Å². The van der Waals surface area contributed by atoms with Crippen molar-refractivity contribution < 1.29 is 0 Å². The van der Waals surface area contributed by atoms with E-state index in [0.29, 0.717) is 0 Å². The van der Waals surface area contributed by atoms with Crippen LogP contribution in [-0.4, -0.2) is 11.0 Å². The second kappa shape index (κ2) is 1.50. The molecule has 0 amide bonds. The van der Waals surface area contributed by atoms with Gasteiger partial charge in [-0.3, -0.25) is 0 Å². The number of rotatable bonds is 0. The standard InChI is InChI=1S/C8H12S/c1-2-6-7-3-5(1)9-4-8(6)7/h5-8H,1-4H2.